The molecule has 2 rings (SSSR count). The predicted octanol–water partition coefficient (Wildman–Crippen LogP) is 3.32. The molecular formula is C18H30N2O. The van der Waals surface area contributed by atoms with E-state index in [0.29, 0.717) is 6.04 Å². The first kappa shape index (κ1) is 16.3. The van der Waals surface area contributed by atoms with Gasteiger partial charge in [-0.2, -0.15) is 0 Å². The van der Waals surface area contributed by atoms with Crippen molar-refractivity contribution in [1.82, 2.24) is 10.2 Å². The molecule has 118 valence electrons. The molecule has 0 radical (unpaired) electrons. The number of methoxy groups -OCH3 is 1. The molecule has 1 aromatic rings. The zero-order chi connectivity index (χ0) is 15.2. The quantitative estimate of drug-likeness (QED) is 0.755. The zero-order valence-corrected chi connectivity index (χ0v) is 13.9. The van der Waals surface area contributed by atoms with Crippen LogP contribution in [0.1, 0.15) is 38.3 Å². The first-order valence-electron chi connectivity index (χ1n) is 8.20. The predicted molar refractivity (Wildman–Crippen MR) is 88.8 cm³/mol. The number of benzene rings is 1. The number of ether oxygens (including phenoxy) is 1. The summed E-state index contributed by atoms with van der Waals surface area (Å²) < 4.78 is 5.54. The van der Waals surface area contributed by atoms with Crippen LogP contribution in [0.5, 0.6) is 5.75 Å². The van der Waals surface area contributed by atoms with Crippen LogP contribution in [0.25, 0.3) is 0 Å². The number of nitrogens with one attached hydrogen (secondary N) is 1. The molecule has 1 N–H and O–H groups in total. The molecule has 0 heterocycles. The van der Waals surface area contributed by atoms with E-state index in [-0.39, 0.29) is 0 Å². The molecule has 0 bridgehead atoms. The molecule has 0 aliphatic heterocycles. The van der Waals surface area contributed by atoms with Crippen LogP contribution < -0.4 is 10.1 Å². The van der Waals surface area contributed by atoms with E-state index >= 15 is 0 Å². The summed E-state index contributed by atoms with van der Waals surface area (Å²) >= 11 is 0. The molecule has 0 amide bonds. The lowest BCUT2D eigenvalue weighted by Crippen LogP contribution is -2.34. The van der Waals surface area contributed by atoms with E-state index in [1.54, 1.807) is 7.11 Å². The third-order valence-electron chi connectivity index (χ3n) is 4.47. The van der Waals surface area contributed by atoms with Gasteiger partial charge in [0.1, 0.15) is 5.75 Å². The van der Waals surface area contributed by atoms with Gasteiger partial charge in [0.2, 0.25) is 0 Å². The maximum atomic E-state index is 5.54. The smallest absolute Gasteiger partial charge is 0.123 e. The van der Waals surface area contributed by atoms with Gasteiger partial charge < -0.3 is 15.0 Å². The Morgan fingerprint density at radius 1 is 1.38 bits per heavy atom. The van der Waals surface area contributed by atoms with Gasteiger partial charge in [-0.05, 0) is 44.3 Å². The van der Waals surface area contributed by atoms with Crippen molar-refractivity contribution in [1.29, 1.82) is 0 Å². The molecule has 3 atom stereocenters. The highest BCUT2D eigenvalue weighted by Gasteiger charge is 2.33. The van der Waals surface area contributed by atoms with Gasteiger partial charge >= 0.3 is 0 Å². The molecule has 1 aliphatic rings. The highest BCUT2D eigenvalue weighted by Crippen LogP contribution is 2.38. The van der Waals surface area contributed by atoms with Crippen molar-refractivity contribution in [3.05, 3.63) is 29.8 Å². The van der Waals surface area contributed by atoms with Crippen LogP contribution in [0, 0.1) is 11.8 Å². The van der Waals surface area contributed by atoms with Crippen molar-refractivity contribution < 1.29 is 4.74 Å². The number of rotatable bonds is 9. The molecule has 3 unspecified atom stereocenters. The lowest BCUT2D eigenvalue weighted by molar-refractivity contribution is 0.273. The van der Waals surface area contributed by atoms with Crippen LogP contribution in [0.15, 0.2) is 24.3 Å². The van der Waals surface area contributed by atoms with Crippen molar-refractivity contribution in [2.24, 2.45) is 11.8 Å². The minimum atomic E-state index is 0.333. The van der Waals surface area contributed by atoms with Gasteiger partial charge in [-0.25, -0.2) is 0 Å². The standard InChI is InChI=1S/C18H30N2O/c1-5-10-19-17(13-20(3)12-15-11-14(15)2)16-8-6-7-9-18(16)21-4/h6-9,14-15,17,19H,5,10-13H2,1-4H3. The molecule has 3 nitrogen and oxygen atoms in total. The monoisotopic (exact) mass is 290 g/mol. The Labute approximate surface area is 129 Å². The van der Waals surface area contributed by atoms with Crippen LogP contribution >= 0.6 is 0 Å². The Hall–Kier alpha value is -1.06. The normalized spacial score (nSPS) is 22.3. The summed E-state index contributed by atoms with van der Waals surface area (Å²) in [7, 11) is 3.99. The Morgan fingerprint density at radius 3 is 2.71 bits per heavy atom. The van der Waals surface area contributed by atoms with Gasteiger partial charge in [-0.15, -0.1) is 0 Å². The molecule has 0 saturated heterocycles. The lowest BCUT2D eigenvalue weighted by Gasteiger charge is -2.26. The summed E-state index contributed by atoms with van der Waals surface area (Å²) in [6, 6.07) is 8.70. The fourth-order valence-corrected chi connectivity index (χ4v) is 2.99. The first-order valence-corrected chi connectivity index (χ1v) is 8.20. The summed E-state index contributed by atoms with van der Waals surface area (Å²) in [5.74, 6) is 2.81. The molecule has 0 aromatic heterocycles. The molecule has 1 aliphatic carbocycles. The fourth-order valence-electron chi connectivity index (χ4n) is 2.99. The van der Waals surface area contributed by atoms with E-state index in [0.717, 1.165) is 37.1 Å². The molecule has 1 aromatic carbocycles. The highest BCUT2D eigenvalue weighted by atomic mass is 16.5. The molecule has 21 heavy (non-hydrogen) atoms. The van der Waals surface area contributed by atoms with Crippen LogP contribution in [-0.4, -0.2) is 38.7 Å². The second-order valence-corrected chi connectivity index (χ2v) is 6.44. The summed E-state index contributed by atoms with van der Waals surface area (Å²) in [6.07, 6.45) is 2.54. The van der Waals surface area contributed by atoms with Gasteiger partial charge in [-0.3, -0.25) is 0 Å². The number of hydrogen-bond donors (Lipinski definition) is 1. The zero-order valence-electron chi connectivity index (χ0n) is 13.9. The summed E-state index contributed by atoms with van der Waals surface area (Å²) in [5.41, 5.74) is 1.27. The van der Waals surface area contributed by atoms with Crippen LogP contribution in [-0.2, 0) is 0 Å². The Kier molecular flexibility index (Phi) is 6.07. The summed E-state index contributed by atoms with van der Waals surface area (Å²) in [4.78, 5) is 2.47. The van der Waals surface area contributed by atoms with Gasteiger partial charge in [0, 0.05) is 24.7 Å². The maximum Gasteiger partial charge on any atom is 0.123 e. The molecule has 1 saturated carbocycles. The van der Waals surface area contributed by atoms with Gasteiger partial charge in [0.05, 0.1) is 7.11 Å². The number of nitrogens with zero attached hydrogens (tertiary/aromatic N) is 1. The van der Waals surface area contributed by atoms with Crippen molar-refractivity contribution in [2.45, 2.75) is 32.7 Å². The minimum absolute atomic E-state index is 0.333. The first-order chi connectivity index (χ1) is 10.2. The van der Waals surface area contributed by atoms with Crippen LogP contribution in [0.3, 0.4) is 0 Å². The maximum absolute atomic E-state index is 5.54. The molecule has 1 fully saturated rings. The SMILES string of the molecule is CCCNC(CN(C)CC1CC1C)c1ccccc1OC. The molecule has 0 spiro atoms. The fraction of sp³-hybridized carbons (Fsp3) is 0.667. The van der Waals surface area contributed by atoms with Crippen LogP contribution in [0.4, 0.5) is 0 Å². The topological polar surface area (TPSA) is 24.5 Å². The number of hydrogen-bond acceptors (Lipinski definition) is 3. The van der Waals surface area contributed by atoms with Crippen molar-refractivity contribution >= 4 is 0 Å². The number of likely N-dealkylation sites (N-methyl/N-ethyl adjacent to an activating group) is 1. The van der Waals surface area contributed by atoms with E-state index < -0.39 is 0 Å². The average molecular weight is 290 g/mol. The number of para-hydroxylation sites is 1. The second-order valence-electron chi connectivity index (χ2n) is 6.44. The third kappa shape index (κ3) is 4.72. The van der Waals surface area contributed by atoms with Gasteiger partial charge in [0.25, 0.3) is 0 Å². The summed E-state index contributed by atoms with van der Waals surface area (Å²) in [5, 5.41) is 3.67. The van der Waals surface area contributed by atoms with E-state index in [2.05, 4.69) is 49.3 Å². The Bertz CT molecular complexity index is 435. The third-order valence-corrected chi connectivity index (χ3v) is 4.47. The van der Waals surface area contributed by atoms with Gasteiger partial charge in [0.15, 0.2) is 0 Å². The van der Waals surface area contributed by atoms with E-state index in [1.165, 1.54) is 18.5 Å². The molecular weight excluding hydrogens is 260 g/mol. The Morgan fingerprint density at radius 2 is 2.10 bits per heavy atom. The van der Waals surface area contributed by atoms with E-state index in [4.69, 9.17) is 4.74 Å². The average Bonchev–Trinajstić information content (AvgIpc) is 3.18. The van der Waals surface area contributed by atoms with E-state index in [9.17, 15) is 0 Å². The summed E-state index contributed by atoms with van der Waals surface area (Å²) in [6.45, 7) is 7.84. The van der Waals surface area contributed by atoms with Crippen molar-refractivity contribution in [3.63, 3.8) is 0 Å². The lowest BCUT2D eigenvalue weighted by atomic mass is 10.0. The highest BCUT2D eigenvalue weighted by molar-refractivity contribution is 5.36. The van der Waals surface area contributed by atoms with Gasteiger partial charge in [-0.1, -0.05) is 32.0 Å². The van der Waals surface area contributed by atoms with Crippen molar-refractivity contribution in [2.75, 3.05) is 33.8 Å². The Balaban J connectivity index is 2.02. The van der Waals surface area contributed by atoms with Crippen LogP contribution in [0.2, 0.25) is 0 Å². The second kappa shape index (κ2) is 7.81. The minimum Gasteiger partial charge on any atom is -0.496 e. The molecule has 3 heteroatoms. The van der Waals surface area contributed by atoms with E-state index in [1.807, 2.05) is 6.07 Å². The van der Waals surface area contributed by atoms with Crippen molar-refractivity contribution in [3.8, 4) is 5.75 Å². The largest absolute Gasteiger partial charge is 0.496 e.